The van der Waals surface area contributed by atoms with E-state index in [9.17, 15) is 4.79 Å². The number of nitrogens with zero attached hydrogens (tertiary/aromatic N) is 4. The third-order valence-corrected chi connectivity index (χ3v) is 3.16. The van der Waals surface area contributed by atoms with Crippen LogP contribution < -0.4 is 10.6 Å². The molecule has 0 fully saturated rings. The number of amides is 1. The zero-order valence-corrected chi connectivity index (χ0v) is 12.9. The summed E-state index contributed by atoms with van der Waals surface area (Å²) in [6.07, 6.45) is 1.73. The van der Waals surface area contributed by atoms with Crippen LogP contribution in [-0.2, 0) is 0 Å². The Balaban J connectivity index is 2.54. The maximum Gasteiger partial charge on any atom is 0.271 e. The predicted octanol–water partition coefficient (Wildman–Crippen LogP) is 1.50. The lowest BCUT2D eigenvalue weighted by Crippen LogP contribution is -2.19. The zero-order chi connectivity index (χ0) is 15.6. The van der Waals surface area contributed by atoms with Crippen molar-refractivity contribution in [3.05, 3.63) is 29.3 Å². The first-order valence-electron chi connectivity index (χ1n) is 6.82. The molecule has 2 aromatic heterocycles. The number of hydrogen-bond donors (Lipinski definition) is 2. The van der Waals surface area contributed by atoms with E-state index >= 15 is 0 Å². The van der Waals surface area contributed by atoms with Crippen molar-refractivity contribution in [2.45, 2.75) is 26.7 Å². The first-order valence-corrected chi connectivity index (χ1v) is 6.82. The molecule has 1 amide bonds. The normalized spacial score (nSPS) is 10.8. The Kier molecular flexibility index (Phi) is 4.21. The van der Waals surface area contributed by atoms with Crippen molar-refractivity contribution in [2.24, 2.45) is 0 Å². The van der Waals surface area contributed by atoms with Gasteiger partial charge in [-0.15, -0.1) is 0 Å². The SMILES string of the molecule is CNC(=O)c1ccn(-c2nc(C(C)C)nc(NC)c2C)n1. The Morgan fingerprint density at radius 1 is 1.29 bits per heavy atom. The smallest absolute Gasteiger partial charge is 0.271 e. The van der Waals surface area contributed by atoms with Gasteiger partial charge in [-0.3, -0.25) is 4.79 Å². The van der Waals surface area contributed by atoms with Crippen LogP contribution in [0.4, 0.5) is 5.82 Å². The third kappa shape index (κ3) is 2.86. The number of anilines is 1. The van der Waals surface area contributed by atoms with Crippen molar-refractivity contribution in [3.63, 3.8) is 0 Å². The quantitative estimate of drug-likeness (QED) is 0.890. The van der Waals surface area contributed by atoms with Gasteiger partial charge in [-0.05, 0) is 13.0 Å². The molecule has 0 aliphatic rings. The van der Waals surface area contributed by atoms with Crippen LogP contribution in [0.1, 0.15) is 41.6 Å². The highest BCUT2D eigenvalue weighted by molar-refractivity contribution is 5.91. The van der Waals surface area contributed by atoms with Gasteiger partial charge in [-0.25, -0.2) is 14.6 Å². The number of carbonyl (C=O) groups excluding carboxylic acids is 1. The molecule has 0 spiro atoms. The highest BCUT2D eigenvalue weighted by Crippen LogP contribution is 2.21. The Morgan fingerprint density at radius 3 is 2.57 bits per heavy atom. The van der Waals surface area contributed by atoms with Gasteiger partial charge in [0.1, 0.15) is 11.6 Å². The van der Waals surface area contributed by atoms with Crippen LogP contribution >= 0.6 is 0 Å². The number of nitrogens with one attached hydrogen (secondary N) is 2. The predicted molar refractivity (Wildman–Crippen MR) is 80.9 cm³/mol. The minimum atomic E-state index is -0.224. The monoisotopic (exact) mass is 288 g/mol. The topological polar surface area (TPSA) is 84.7 Å². The van der Waals surface area contributed by atoms with Gasteiger partial charge in [0.25, 0.3) is 5.91 Å². The van der Waals surface area contributed by atoms with E-state index in [-0.39, 0.29) is 11.8 Å². The fourth-order valence-corrected chi connectivity index (χ4v) is 1.94. The van der Waals surface area contributed by atoms with E-state index in [4.69, 9.17) is 0 Å². The molecule has 0 bridgehead atoms. The molecule has 0 atom stereocenters. The standard InChI is InChI=1S/C14H20N6O/c1-8(2)11-17-12(15-4)9(3)13(18-11)20-7-6-10(19-20)14(21)16-5/h6-8H,1-5H3,(H,16,21)(H,15,17,18). The molecule has 0 aliphatic heterocycles. The molecule has 2 N–H and O–H groups in total. The second kappa shape index (κ2) is 5.90. The van der Waals surface area contributed by atoms with E-state index < -0.39 is 0 Å². The summed E-state index contributed by atoms with van der Waals surface area (Å²) in [7, 11) is 3.40. The van der Waals surface area contributed by atoms with E-state index in [2.05, 4.69) is 25.7 Å². The molecular weight excluding hydrogens is 268 g/mol. The highest BCUT2D eigenvalue weighted by atomic mass is 16.1. The van der Waals surface area contributed by atoms with Gasteiger partial charge in [-0.2, -0.15) is 5.10 Å². The summed E-state index contributed by atoms with van der Waals surface area (Å²) in [6, 6.07) is 1.66. The lowest BCUT2D eigenvalue weighted by atomic mass is 10.2. The second-order valence-corrected chi connectivity index (χ2v) is 5.01. The van der Waals surface area contributed by atoms with Gasteiger partial charge < -0.3 is 10.6 Å². The molecule has 112 valence electrons. The van der Waals surface area contributed by atoms with Crippen LogP contribution in [0.25, 0.3) is 5.82 Å². The molecule has 0 saturated carbocycles. The second-order valence-electron chi connectivity index (χ2n) is 5.01. The van der Waals surface area contributed by atoms with Crippen LogP contribution in [-0.4, -0.2) is 39.8 Å². The first kappa shape index (κ1) is 15.0. The van der Waals surface area contributed by atoms with Crippen LogP contribution in [0.3, 0.4) is 0 Å². The molecular formula is C14H20N6O. The molecule has 2 heterocycles. The summed E-state index contributed by atoms with van der Waals surface area (Å²) in [5, 5.41) is 9.90. The van der Waals surface area contributed by atoms with Crippen molar-refractivity contribution in [1.29, 1.82) is 0 Å². The van der Waals surface area contributed by atoms with Crippen molar-refractivity contribution in [3.8, 4) is 5.82 Å². The number of hydrogen-bond acceptors (Lipinski definition) is 5. The third-order valence-electron chi connectivity index (χ3n) is 3.16. The Hall–Kier alpha value is -2.44. The van der Waals surface area contributed by atoms with Crippen LogP contribution in [0.2, 0.25) is 0 Å². The van der Waals surface area contributed by atoms with Crippen molar-refractivity contribution < 1.29 is 4.79 Å². The van der Waals surface area contributed by atoms with Gasteiger partial charge in [0.15, 0.2) is 11.5 Å². The summed E-state index contributed by atoms with van der Waals surface area (Å²) in [4.78, 5) is 20.7. The molecule has 2 aromatic rings. The van der Waals surface area contributed by atoms with E-state index in [1.807, 2.05) is 27.8 Å². The summed E-state index contributed by atoms with van der Waals surface area (Å²) in [5.74, 6) is 2.15. The summed E-state index contributed by atoms with van der Waals surface area (Å²) in [6.45, 7) is 5.99. The molecule has 7 nitrogen and oxygen atoms in total. The van der Waals surface area contributed by atoms with E-state index in [0.29, 0.717) is 11.5 Å². The van der Waals surface area contributed by atoms with E-state index in [1.54, 1.807) is 24.0 Å². The minimum absolute atomic E-state index is 0.199. The summed E-state index contributed by atoms with van der Waals surface area (Å²) in [5.41, 5.74) is 1.24. The number of carbonyl (C=O) groups is 1. The van der Waals surface area contributed by atoms with Crippen LogP contribution in [0.5, 0.6) is 0 Å². The largest absolute Gasteiger partial charge is 0.373 e. The van der Waals surface area contributed by atoms with Crippen LogP contribution in [0.15, 0.2) is 12.3 Å². The number of aromatic nitrogens is 4. The lowest BCUT2D eigenvalue weighted by Gasteiger charge is -2.13. The fourth-order valence-electron chi connectivity index (χ4n) is 1.94. The van der Waals surface area contributed by atoms with Crippen molar-refractivity contribution >= 4 is 11.7 Å². The molecule has 0 aliphatic carbocycles. The summed E-state index contributed by atoms with van der Waals surface area (Å²) < 4.78 is 1.61. The Labute approximate surface area is 123 Å². The molecule has 0 aromatic carbocycles. The fraction of sp³-hybridized carbons (Fsp3) is 0.429. The van der Waals surface area contributed by atoms with Gasteiger partial charge in [0.2, 0.25) is 0 Å². The molecule has 0 unspecified atom stereocenters. The minimum Gasteiger partial charge on any atom is -0.373 e. The average molecular weight is 288 g/mol. The number of rotatable bonds is 4. The van der Waals surface area contributed by atoms with E-state index in [0.717, 1.165) is 17.2 Å². The Bertz CT molecular complexity index is 661. The maximum atomic E-state index is 11.6. The summed E-state index contributed by atoms with van der Waals surface area (Å²) >= 11 is 0. The molecule has 2 rings (SSSR count). The van der Waals surface area contributed by atoms with Crippen molar-refractivity contribution in [1.82, 2.24) is 25.1 Å². The first-order chi connectivity index (χ1) is 9.97. The average Bonchev–Trinajstić information content (AvgIpc) is 2.96. The molecule has 21 heavy (non-hydrogen) atoms. The molecule has 7 heteroatoms. The maximum absolute atomic E-state index is 11.6. The zero-order valence-electron chi connectivity index (χ0n) is 12.9. The van der Waals surface area contributed by atoms with Gasteiger partial charge >= 0.3 is 0 Å². The van der Waals surface area contributed by atoms with Gasteiger partial charge in [-0.1, -0.05) is 13.8 Å². The van der Waals surface area contributed by atoms with Gasteiger partial charge in [0.05, 0.1) is 0 Å². The van der Waals surface area contributed by atoms with Crippen molar-refractivity contribution in [2.75, 3.05) is 19.4 Å². The Morgan fingerprint density at radius 2 is 2.00 bits per heavy atom. The highest BCUT2D eigenvalue weighted by Gasteiger charge is 2.16. The molecule has 0 radical (unpaired) electrons. The lowest BCUT2D eigenvalue weighted by molar-refractivity contribution is 0.0957. The van der Waals surface area contributed by atoms with Crippen LogP contribution in [0, 0.1) is 6.92 Å². The van der Waals surface area contributed by atoms with E-state index in [1.165, 1.54) is 0 Å². The molecule has 0 saturated heterocycles. The van der Waals surface area contributed by atoms with Gasteiger partial charge in [0, 0.05) is 31.8 Å².